The Kier molecular flexibility index (Phi) is 3.94. The molecule has 1 aromatic rings. The molecule has 2 aliphatic carbocycles. The number of nitrogens with zero attached hydrogens (tertiary/aromatic N) is 2. The Morgan fingerprint density at radius 1 is 1.29 bits per heavy atom. The molecule has 1 aromatic heterocycles. The van der Waals surface area contributed by atoms with Crippen LogP contribution in [-0.2, 0) is 16.1 Å². The second-order valence-corrected chi connectivity index (χ2v) is 6.17. The number of carbonyl (C=O) groups is 2. The Hall–Kier alpha value is -1.85. The molecule has 114 valence electrons. The van der Waals surface area contributed by atoms with Gasteiger partial charge in [0.15, 0.2) is 0 Å². The van der Waals surface area contributed by atoms with Gasteiger partial charge < -0.3 is 15.0 Å². The first-order valence-corrected chi connectivity index (χ1v) is 7.63. The van der Waals surface area contributed by atoms with E-state index < -0.39 is 11.9 Å². The van der Waals surface area contributed by atoms with Crippen molar-refractivity contribution in [2.24, 2.45) is 23.7 Å². The molecule has 3 rings (SSSR count). The number of carboxylic acid groups (broad SMARTS) is 1. The minimum absolute atomic E-state index is 0.0692. The first-order valence-electron chi connectivity index (χ1n) is 7.63. The summed E-state index contributed by atoms with van der Waals surface area (Å²) in [5.74, 6) is -1.20. The SMILES string of the molecule is O=C(NCCCn1ccnc1)[C@@H]1[C@@H]2CC[C@@H](C2)[C@@H]1C(=O)O. The normalized spacial score (nSPS) is 30.5. The summed E-state index contributed by atoms with van der Waals surface area (Å²) in [7, 11) is 0. The molecule has 1 amide bonds. The summed E-state index contributed by atoms with van der Waals surface area (Å²) in [6.07, 6.45) is 9.06. The van der Waals surface area contributed by atoms with E-state index in [9.17, 15) is 14.7 Å². The van der Waals surface area contributed by atoms with Crippen LogP contribution in [0.2, 0.25) is 0 Å². The molecule has 2 aliphatic rings. The minimum atomic E-state index is -0.805. The molecule has 0 saturated heterocycles. The zero-order valence-corrected chi connectivity index (χ0v) is 11.9. The van der Waals surface area contributed by atoms with Gasteiger partial charge in [0.1, 0.15) is 0 Å². The van der Waals surface area contributed by atoms with E-state index in [1.54, 1.807) is 12.5 Å². The summed E-state index contributed by atoms with van der Waals surface area (Å²) in [5.41, 5.74) is 0. The largest absolute Gasteiger partial charge is 0.481 e. The molecule has 6 heteroatoms. The molecule has 1 heterocycles. The molecule has 2 saturated carbocycles. The van der Waals surface area contributed by atoms with Crippen molar-refractivity contribution in [2.45, 2.75) is 32.2 Å². The number of imidazole rings is 1. The van der Waals surface area contributed by atoms with Crippen molar-refractivity contribution in [3.05, 3.63) is 18.7 Å². The summed E-state index contributed by atoms with van der Waals surface area (Å²) in [4.78, 5) is 27.7. The van der Waals surface area contributed by atoms with Crippen LogP contribution in [0.25, 0.3) is 0 Å². The molecule has 0 aliphatic heterocycles. The van der Waals surface area contributed by atoms with Crippen LogP contribution in [0.5, 0.6) is 0 Å². The highest BCUT2D eigenvalue weighted by Crippen LogP contribution is 2.52. The summed E-state index contributed by atoms with van der Waals surface area (Å²) >= 11 is 0. The lowest BCUT2D eigenvalue weighted by Gasteiger charge is -2.27. The average molecular weight is 291 g/mol. The highest BCUT2D eigenvalue weighted by atomic mass is 16.4. The number of aryl methyl sites for hydroxylation is 1. The van der Waals surface area contributed by atoms with Crippen molar-refractivity contribution in [3.63, 3.8) is 0 Å². The van der Waals surface area contributed by atoms with Crippen LogP contribution in [0.15, 0.2) is 18.7 Å². The van der Waals surface area contributed by atoms with E-state index in [2.05, 4.69) is 10.3 Å². The molecular weight excluding hydrogens is 270 g/mol. The number of hydrogen-bond acceptors (Lipinski definition) is 3. The van der Waals surface area contributed by atoms with E-state index in [0.29, 0.717) is 6.54 Å². The molecule has 2 bridgehead atoms. The molecule has 2 fully saturated rings. The first kappa shape index (κ1) is 14.1. The Morgan fingerprint density at radius 3 is 2.71 bits per heavy atom. The van der Waals surface area contributed by atoms with Gasteiger partial charge in [-0.1, -0.05) is 0 Å². The second-order valence-electron chi connectivity index (χ2n) is 6.17. The fourth-order valence-corrected chi connectivity index (χ4v) is 4.03. The molecule has 0 spiro atoms. The van der Waals surface area contributed by atoms with Crippen LogP contribution in [-0.4, -0.2) is 33.1 Å². The van der Waals surface area contributed by atoms with Crippen LogP contribution in [0.1, 0.15) is 25.7 Å². The third-order valence-electron chi connectivity index (χ3n) is 4.96. The summed E-state index contributed by atoms with van der Waals surface area (Å²) in [6, 6.07) is 0. The van der Waals surface area contributed by atoms with Gasteiger partial charge in [-0.15, -0.1) is 0 Å². The standard InChI is InChI=1S/C15H21N3O3/c19-14(17-4-1-6-18-7-5-16-9-18)12-10-2-3-11(8-10)13(12)15(20)21/h5,7,9-13H,1-4,6,8H2,(H,17,19)(H,20,21)/t10-,11+,12-,13+/m1/s1. The van der Waals surface area contributed by atoms with E-state index in [1.807, 2.05) is 10.8 Å². The lowest BCUT2D eigenvalue weighted by atomic mass is 9.78. The highest BCUT2D eigenvalue weighted by Gasteiger charge is 2.53. The topological polar surface area (TPSA) is 84.2 Å². The third-order valence-corrected chi connectivity index (χ3v) is 4.96. The van der Waals surface area contributed by atoms with E-state index in [0.717, 1.165) is 32.2 Å². The monoisotopic (exact) mass is 291 g/mol. The van der Waals surface area contributed by atoms with Gasteiger partial charge >= 0.3 is 5.97 Å². The van der Waals surface area contributed by atoms with Crippen molar-refractivity contribution < 1.29 is 14.7 Å². The molecular formula is C15H21N3O3. The Morgan fingerprint density at radius 2 is 2.05 bits per heavy atom. The Bertz CT molecular complexity index is 514. The first-order chi connectivity index (χ1) is 10.2. The summed E-state index contributed by atoms with van der Waals surface area (Å²) in [6.45, 7) is 1.39. The zero-order chi connectivity index (χ0) is 14.8. The van der Waals surface area contributed by atoms with Crippen molar-refractivity contribution in [1.82, 2.24) is 14.9 Å². The number of carboxylic acids is 1. The van der Waals surface area contributed by atoms with E-state index in [4.69, 9.17) is 0 Å². The van der Waals surface area contributed by atoms with Crippen molar-refractivity contribution in [1.29, 1.82) is 0 Å². The van der Waals surface area contributed by atoms with Crippen molar-refractivity contribution in [2.75, 3.05) is 6.54 Å². The number of aliphatic carboxylic acids is 1. The molecule has 21 heavy (non-hydrogen) atoms. The van der Waals surface area contributed by atoms with Crippen LogP contribution in [0.4, 0.5) is 0 Å². The van der Waals surface area contributed by atoms with E-state index in [1.165, 1.54) is 0 Å². The Balaban J connectivity index is 1.49. The number of nitrogens with one attached hydrogen (secondary N) is 1. The molecule has 6 nitrogen and oxygen atoms in total. The van der Waals surface area contributed by atoms with Crippen LogP contribution >= 0.6 is 0 Å². The zero-order valence-electron chi connectivity index (χ0n) is 11.9. The highest BCUT2D eigenvalue weighted by molar-refractivity contribution is 5.86. The van der Waals surface area contributed by atoms with Gasteiger partial charge in [-0.25, -0.2) is 4.98 Å². The third kappa shape index (κ3) is 2.80. The van der Waals surface area contributed by atoms with E-state index in [-0.39, 0.29) is 23.7 Å². The summed E-state index contributed by atoms with van der Waals surface area (Å²) < 4.78 is 1.96. The van der Waals surface area contributed by atoms with Crippen molar-refractivity contribution in [3.8, 4) is 0 Å². The van der Waals surface area contributed by atoms with Crippen molar-refractivity contribution >= 4 is 11.9 Å². The average Bonchev–Trinajstić information content (AvgIpc) is 3.18. The van der Waals surface area contributed by atoms with Gasteiger partial charge in [-0.2, -0.15) is 0 Å². The fourth-order valence-electron chi connectivity index (χ4n) is 4.03. The van der Waals surface area contributed by atoms with Crippen LogP contribution < -0.4 is 5.32 Å². The molecule has 4 atom stereocenters. The molecule has 0 unspecified atom stereocenters. The lowest BCUT2D eigenvalue weighted by Crippen LogP contribution is -2.41. The maximum Gasteiger partial charge on any atom is 0.307 e. The van der Waals surface area contributed by atoms with E-state index >= 15 is 0 Å². The molecule has 0 aromatic carbocycles. The minimum Gasteiger partial charge on any atom is -0.481 e. The summed E-state index contributed by atoms with van der Waals surface area (Å²) in [5, 5.41) is 12.3. The number of carbonyl (C=O) groups excluding carboxylic acids is 1. The maximum absolute atomic E-state index is 12.3. The molecule has 0 radical (unpaired) electrons. The lowest BCUT2D eigenvalue weighted by molar-refractivity contribution is -0.149. The maximum atomic E-state index is 12.3. The number of fused-ring (bicyclic) bond motifs is 2. The molecule has 2 N–H and O–H groups in total. The number of hydrogen-bond donors (Lipinski definition) is 2. The fraction of sp³-hybridized carbons (Fsp3) is 0.667. The van der Waals surface area contributed by atoms with Crippen LogP contribution in [0, 0.1) is 23.7 Å². The van der Waals surface area contributed by atoms with Gasteiger partial charge in [-0.05, 0) is 37.5 Å². The predicted octanol–water partition coefficient (Wildman–Crippen LogP) is 1.14. The number of rotatable bonds is 6. The Labute approximate surface area is 123 Å². The number of amides is 1. The van der Waals surface area contributed by atoms with Crippen LogP contribution in [0.3, 0.4) is 0 Å². The van der Waals surface area contributed by atoms with Gasteiger partial charge in [0, 0.05) is 25.5 Å². The second kappa shape index (κ2) is 5.87. The van der Waals surface area contributed by atoms with Gasteiger partial charge in [0.25, 0.3) is 0 Å². The van der Waals surface area contributed by atoms with Gasteiger partial charge in [-0.3, -0.25) is 9.59 Å². The number of aromatic nitrogens is 2. The quantitative estimate of drug-likeness (QED) is 0.770. The van der Waals surface area contributed by atoms with Gasteiger partial charge in [0.2, 0.25) is 5.91 Å². The van der Waals surface area contributed by atoms with Gasteiger partial charge in [0.05, 0.1) is 18.2 Å². The smallest absolute Gasteiger partial charge is 0.307 e. The predicted molar refractivity (Wildman–Crippen MR) is 75.3 cm³/mol.